The van der Waals surface area contributed by atoms with E-state index in [-0.39, 0.29) is 28.2 Å². The van der Waals surface area contributed by atoms with E-state index in [2.05, 4.69) is 26.0 Å². The predicted octanol–water partition coefficient (Wildman–Crippen LogP) is 4.05. The second-order valence-corrected chi connectivity index (χ2v) is 8.30. The summed E-state index contributed by atoms with van der Waals surface area (Å²) in [6.45, 7) is 6.17. The third-order valence-corrected chi connectivity index (χ3v) is 6.01. The molecule has 2 heterocycles. The number of aromatic nitrogens is 4. The van der Waals surface area contributed by atoms with Gasteiger partial charge in [0.1, 0.15) is 5.69 Å². The standard InChI is InChI=1S/C22H21BrN6O4/c1-4-26-19-10-17(18(29(32)33)11-20(19)27(5-2)22(26)31)24-12-16-13(3)25-28(21(16)30)15-8-6-14(23)7-9-15/h6-12,25H,4-5H2,1-3H3. The van der Waals surface area contributed by atoms with Crippen LogP contribution in [0.4, 0.5) is 11.4 Å². The van der Waals surface area contributed by atoms with E-state index in [4.69, 9.17) is 0 Å². The molecule has 0 aliphatic carbocycles. The molecule has 4 rings (SSSR count). The second-order valence-electron chi connectivity index (χ2n) is 7.38. The van der Waals surface area contributed by atoms with E-state index in [0.717, 1.165) is 4.47 Å². The van der Waals surface area contributed by atoms with E-state index in [1.165, 1.54) is 27.6 Å². The molecule has 0 radical (unpaired) electrons. The number of aliphatic imine (C=N–C) groups is 1. The summed E-state index contributed by atoms with van der Waals surface area (Å²) in [6.07, 6.45) is 1.32. The van der Waals surface area contributed by atoms with E-state index >= 15 is 0 Å². The predicted molar refractivity (Wildman–Crippen MR) is 130 cm³/mol. The van der Waals surface area contributed by atoms with Crippen LogP contribution in [0.3, 0.4) is 0 Å². The van der Waals surface area contributed by atoms with Gasteiger partial charge in [0, 0.05) is 35.5 Å². The number of nitro benzene ring substituents is 1. The highest BCUT2D eigenvalue weighted by Crippen LogP contribution is 2.32. The van der Waals surface area contributed by atoms with Gasteiger partial charge in [-0.25, -0.2) is 14.5 Å². The number of imidazole rings is 1. The third kappa shape index (κ3) is 3.84. The summed E-state index contributed by atoms with van der Waals surface area (Å²) in [6, 6.07) is 10.1. The molecule has 0 unspecified atom stereocenters. The number of nitrogens with one attached hydrogen (secondary N) is 1. The van der Waals surface area contributed by atoms with Crippen molar-refractivity contribution in [3.63, 3.8) is 0 Å². The number of aromatic amines is 1. The molecule has 0 spiro atoms. The van der Waals surface area contributed by atoms with Crippen molar-refractivity contribution in [1.29, 1.82) is 0 Å². The highest BCUT2D eigenvalue weighted by Gasteiger charge is 2.21. The van der Waals surface area contributed by atoms with E-state index < -0.39 is 4.92 Å². The summed E-state index contributed by atoms with van der Waals surface area (Å²) in [7, 11) is 0. The summed E-state index contributed by atoms with van der Waals surface area (Å²) in [5.41, 5.74) is 1.80. The zero-order valence-corrected chi connectivity index (χ0v) is 19.8. The van der Waals surface area contributed by atoms with Crippen LogP contribution in [0.5, 0.6) is 0 Å². The summed E-state index contributed by atoms with van der Waals surface area (Å²) < 4.78 is 5.31. The van der Waals surface area contributed by atoms with Gasteiger partial charge in [-0.15, -0.1) is 0 Å². The molecule has 11 heteroatoms. The van der Waals surface area contributed by atoms with E-state index in [1.807, 2.05) is 26.0 Å². The van der Waals surface area contributed by atoms with Gasteiger partial charge in [0.15, 0.2) is 0 Å². The molecule has 0 fully saturated rings. The van der Waals surface area contributed by atoms with Crippen molar-refractivity contribution in [1.82, 2.24) is 18.9 Å². The number of nitro groups is 1. The average Bonchev–Trinajstić information content (AvgIpc) is 3.22. The first-order valence-corrected chi connectivity index (χ1v) is 11.1. The summed E-state index contributed by atoms with van der Waals surface area (Å²) >= 11 is 3.37. The SMILES string of the molecule is CCn1c(=O)n(CC)c2cc([N+](=O)[O-])c(N=Cc3c(C)[nH]n(-c4ccc(Br)cc4)c3=O)cc21. The number of H-pyrrole nitrogens is 1. The van der Waals surface area contributed by atoms with Gasteiger partial charge in [-0.05, 0) is 51.1 Å². The number of hydrogen-bond acceptors (Lipinski definition) is 5. The van der Waals surface area contributed by atoms with Crippen LogP contribution in [0.1, 0.15) is 25.1 Å². The molecule has 0 amide bonds. The zero-order valence-electron chi connectivity index (χ0n) is 18.2. The first kappa shape index (κ1) is 22.5. The molecule has 4 aromatic rings. The Balaban J connectivity index is 1.85. The molecule has 10 nitrogen and oxygen atoms in total. The van der Waals surface area contributed by atoms with Crippen molar-refractivity contribution in [3.05, 3.63) is 83.1 Å². The van der Waals surface area contributed by atoms with Crippen molar-refractivity contribution in [2.45, 2.75) is 33.9 Å². The van der Waals surface area contributed by atoms with Gasteiger partial charge in [-0.3, -0.25) is 29.1 Å². The molecule has 1 N–H and O–H groups in total. The average molecular weight is 513 g/mol. The Morgan fingerprint density at radius 3 is 2.27 bits per heavy atom. The number of hydrogen-bond donors (Lipinski definition) is 1. The minimum atomic E-state index is -0.538. The van der Waals surface area contributed by atoms with Crippen molar-refractivity contribution < 1.29 is 4.92 Å². The molecule has 0 bridgehead atoms. The summed E-state index contributed by atoms with van der Waals surface area (Å²) in [4.78, 5) is 41.1. The zero-order chi connectivity index (χ0) is 23.9. The molecule has 33 heavy (non-hydrogen) atoms. The van der Waals surface area contributed by atoms with Crippen LogP contribution in [-0.2, 0) is 13.1 Å². The van der Waals surface area contributed by atoms with Crippen LogP contribution in [0, 0.1) is 17.0 Å². The molecule has 0 saturated heterocycles. The van der Waals surface area contributed by atoms with Crippen LogP contribution in [0.25, 0.3) is 16.7 Å². The Labute approximate surface area is 196 Å². The Morgan fingerprint density at radius 1 is 1.09 bits per heavy atom. The first-order chi connectivity index (χ1) is 15.8. The molecule has 2 aromatic heterocycles. The van der Waals surface area contributed by atoms with E-state index in [9.17, 15) is 19.7 Å². The number of halogens is 1. The molecular formula is C22H21BrN6O4. The van der Waals surface area contributed by atoms with Crippen LogP contribution in [0.15, 0.2) is 55.5 Å². The second kappa shape index (κ2) is 8.66. The maximum absolute atomic E-state index is 13.0. The Hall–Kier alpha value is -3.73. The maximum Gasteiger partial charge on any atom is 0.329 e. The molecule has 0 aliphatic rings. The van der Waals surface area contributed by atoms with Gasteiger partial charge >= 0.3 is 5.69 Å². The topological polar surface area (TPSA) is 120 Å². The fourth-order valence-electron chi connectivity index (χ4n) is 3.82. The van der Waals surface area contributed by atoms with Crippen molar-refractivity contribution in [3.8, 4) is 5.69 Å². The normalized spacial score (nSPS) is 11.6. The lowest BCUT2D eigenvalue weighted by Gasteiger charge is -2.02. The molecule has 2 aromatic carbocycles. The monoisotopic (exact) mass is 512 g/mol. The van der Waals surface area contributed by atoms with Crippen molar-refractivity contribution >= 4 is 44.6 Å². The maximum atomic E-state index is 13.0. The highest BCUT2D eigenvalue weighted by atomic mass is 79.9. The Kier molecular flexibility index (Phi) is 5.90. The Bertz CT molecular complexity index is 1520. The fraction of sp³-hybridized carbons (Fsp3) is 0.227. The van der Waals surface area contributed by atoms with Crippen molar-refractivity contribution in [2.24, 2.45) is 4.99 Å². The minimum absolute atomic E-state index is 0.0677. The highest BCUT2D eigenvalue weighted by molar-refractivity contribution is 9.10. The fourth-order valence-corrected chi connectivity index (χ4v) is 4.08. The number of fused-ring (bicyclic) bond motifs is 1. The summed E-state index contributed by atoms with van der Waals surface area (Å²) in [5, 5.41) is 14.8. The summed E-state index contributed by atoms with van der Waals surface area (Å²) in [5.74, 6) is 0. The first-order valence-electron chi connectivity index (χ1n) is 10.3. The lowest BCUT2D eigenvalue weighted by molar-refractivity contribution is -0.383. The van der Waals surface area contributed by atoms with Crippen LogP contribution in [0.2, 0.25) is 0 Å². The van der Waals surface area contributed by atoms with Gasteiger partial charge in [0.25, 0.3) is 11.2 Å². The van der Waals surface area contributed by atoms with Gasteiger partial charge in [0.2, 0.25) is 0 Å². The van der Waals surface area contributed by atoms with Gasteiger partial charge in [-0.2, -0.15) is 0 Å². The van der Waals surface area contributed by atoms with Crippen LogP contribution < -0.4 is 11.2 Å². The van der Waals surface area contributed by atoms with Gasteiger partial charge < -0.3 is 0 Å². The minimum Gasteiger partial charge on any atom is -0.295 e. The van der Waals surface area contributed by atoms with E-state index in [0.29, 0.717) is 35.5 Å². The van der Waals surface area contributed by atoms with E-state index in [1.54, 1.807) is 23.6 Å². The lowest BCUT2D eigenvalue weighted by Crippen LogP contribution is -2.23. The molecule has 0 atom stereocenters. The third-order valence-electron chi connectivity index (χ3n) is 5.48. The quantitative estimate of drug-likeness (QED) is 0.238. The van der Waals surface area contributed by atoms with Crippen molar-refractivity contribution in [2.75, 3.05) is 0 Å². The smallest absolute Gasteiger partial charge is 0.295 e. The van der Waals surface area contributed by atoms with Gasteiger partial charge in [0.05, 0.1) is 27.2 Å². The molecule has 0 aliphatic heterocycles. The lowest BCUT2D eigenvalue weighted by atomic mass is 10.2. The molecule has 0 saturated carbocycles. The number of benzene rings is 2. The number of nitrogens with zero attached hydrogens (tertiary/aromatic N) is 5. The van der Waals surface area contributed by atoms with Crippen LogP contribution >= 0.6 is 15.9 Å². The Morgan fingerprint density at radius 2 is 1.70 bits per heavy atom. The molecule has 170 valence electrons. The number of aryl methyl sites for hydroxylation is 3. The van der Waals surface area contributed by atoms with Crippen LogP contribution in [-0.4, -0.2) is 30.1 Å². The molecular weight excluding hydrogens is 492 g/mol. The van der Waals surface area contributed by atoms with Gasteiger partial charge in [-0.1, -0.05) is 15.9 Å². The number of rotatable bonds is 6. The largest absolute Gasteiger partial charge is 0.329 e.